The number of carbonyl (C=O) groups is 2. The fourth-order valence-corrected chi connectivity index (χ4v) is 2.24. The average molecular weight is 321 g/mol. The number of amides is 2. The minimum Gasteiger partial charge on any atom is -0.348 e. The number of allylic oxidation sites excluding steroid dienone is 1. The third-order valence-corrected chi connectivity index (χ3v) is 3.78. The molecule has 1 fully saturated rings. The van der Waals surface area contributed by atoms with Crippen LogP contribution in [0.3, 0.4) is 0 Å². The molecular weight excluding hydrogens is 302 g/mol. The van der Waals surface area contributed by atoms with E-state index in [1.807, 2.05) is 30.3 Å². The lowest BCUT2D eigenvalue weighted by Gasteiger charge is -2.11. The summed E-state index contributed by atoms with van der Waals surface area (Å²) in [4.78, 5) is 28.0. The van der Waals surface area contributed by atoms with E-state index >= 15 is 0 Å². The van der Waals surface area contributed by atoms with E-state index in [1.54, 1.807) is 24.4 Å². The van der Waals surface area contributed by atoms with Gasteiger partial charge in [0.15, 0.2) is 0 Å². The lowest BCUT2D eigenvalue weighted by atomic mass is 10.1. The molecule has 5 heteroatoms. The van der Waals surface area contributed by atoms with Crippen LogP contribution in [0, 0.1) is 5.92 Å². The second-order valence-corrected chi connectivity index (χ2v) is 5.77. The third kappa shape index (κ3) is 4.52. The highest BCUT2D eigenvalue weighted by Gasteiger charge is 2.17. The summed E-state index contributed by atoms with van der Waals surface area (Å²) in [5.74, 6) is 0.229. The number of para-hydroxylation sites is 1. The first-order chi connectivity index (χ1) is 11.7. The van der Waals surface area contributed by atoms with Crippen molar-refractivity contribution in [2.45, 2.75) is 19.4 Å². The van der Waals surface area contributed by atoms with Crippen LogP contribution in [0.4, 0.5) is 5.69 Å². The molecule has 1 aromatic carbocycles. The van der Waals surface area contributed by atoms with Crippen LogP contribution >= 0.6 is 0 Å². The summed E-state index contributed by atoms with van der Waals surface area (Å²) in [6.45, 7) is 0.358. The summed E-state index contributed by atoms with van der Waals surface area (Å²) in [6, 6.07) is 10.8. The van der Waals surface area contributed by atoms with Crippen molar-refractivity contribution < 1.29 is 9.59 Å². The molecule has 1 aromatic heterocycles. The summed E-state index contributed by atoms with van der Waals surface area (Å²) in [7, 11) is 0. The fraction of sp³-hybridized carbons (Fsp3) is 0.211. The second-order valence-electron chi connectivity index (χ2n) is 5.77. The quantitative estimate of drug-likeness (QED) is 0.804. The van der Waals surface area contributed by atoms with Gasteiger partial charge in [0.25, 0.3) is 5.91 Å². The molecule has 0 aliphatic heterocycles. The zero-order valence-corrected chi connectivity index (χ0v) is 13.2. The fourth-order valence-electron chi connectivity index (χ4n) is 2.24. The van der Waals surface area contributed by atoms with Crippen LogP contribution in [0.2, 0.25) is 0 Å². The smallest absolute Gasteiger partial charge is 0.257 e. The van der Waals surface area contributed by atoms with Crippen molar-refractivity contribution in [2.75, 3.05) is 5.32 Å². The van der Waals surface area contributed by atoms with Crippen LogP contribution in [0.15, 0.2) is 60.9 Å². The maximum atomic E-state index is 12.2. The van der Waals surface area contributed by atoms with E-state index in [0.29, 0.717) is 23.7 Å². The van der Waals surface area contributed by atoms with E-state index in [0.717, 1.165) is 5.56 Å². The van der Waals surface area contributed by atoms with E-state index in [9.17, 15) is 9.59 Å². The number of hydrogen-bond acceptors (Lipinski definition) is 3. The maximum absolute atomic E-state index is 12.2. The van der Waals surface area contributed by atoms with Gasteiger partial charge in [-0.3, -0.25) is 14.6 Å². The number of pyridine rings is 1. The zero-order chi connectivity index (χ0) is 16.8. The maximum Gasteiger partial charge on any atom is 0.257 e. The number of carbonyl (C=O) groups excluding carboxylic acids is 2. The highest BCUT2D eigenvalue weighted by atomic mass is 16.2. The van der Waals surface area contributed by atoms with Gasteiger partial charge in [0.2, 0.25) is 5.91 Å². The molecule has 0 saturated heterocycles. The van der Waals surface area contributed by atoms with E-state index in [4.69, 9.17) is 0 Å². The van der Waals surface area contributed by atoms with Gasteiger partial charge in [0.1, 0.15) is 0 Å². The predicted molar refractivity (Wildman–Crippen MR) is 92.3 cm³/mol. The standard InChI is InChI=1S/C19H19N3O2/c23-18(10-9-14-7-8-14)21-13-15-4-1-2-6-17(15)22-19(24)16-5-3-11-20-12-16/h1-6,9-12,14H,7-8,13H2,(H,21,23)(H,22,24)/b10-9+. The molecule has 2 N–H and O–H groups in total. The van der Waals surface area contributed by atoms with Crippen LogP contribution in [-0.2, 0) is 11.3 Å². The first-order valence-corrected chi connectivity index (χ1v) is 7.97. The first-order valence-electron chi connectivity index (χ1n) is 7.97. The van der Waals surface area contributed by atoms with Gasteiger partial charge in [-0.25, -0.2) is 0 Å². The van der Waals surface area contributed by atoms with E-state index in [1.165, 1.54) is 19.0 Å². The monoisotopic (exact) mass is 321 g/mol. The summed E-state index contributed by atoms with van der Waals surface area (Å²) < 4.78 is 0. The summed E-state index contributed by atoms with van der Waals surface area (Å²) in [5, 5.41) is 5.71. The SMILES string of the molecule is O=C(/C=C/C1CC1)NCc1ccccc1NC(=O)c1cccnc1. The van der Waals surface area contributed by atoms with Crippen LogP contribution in [0.5, 0.6) is 0 Å². The Bertz CT molecular complexity index is 752. The van der Waals surface area contributed by atoms with Crippen molar-refractivity contribution in [2.24, 2.45) is 5.92 Å². The molecule has 0 radical (unpaired) electrons. The molecule has 2 aromatic rings. The predicted octanol–water partition coefficient (Wildman–Crippen LogP) is 2.92. The Balaban J connectivity index is 1.62. The molecular formula is C19H19N3O2. The summed E-state index contributed by atoms with van der Waals surface area (Å²) >= 11 is 0. The lowest BCUT2D eigenvalue weighted by molar-refractivity contribution is -0.116. The number of nitrogens with zero attached hydrogens (tertiary/aromatic N) is 1. The van der Waals surface area contributed by atoms with Crippen molar-refractivity contribution in [1.82, 2.24) is 10.3 Å². The van der Waals surface area contributed by atoms with E-state index in [2.05, 4.69) is 15.6 Å². The first kappa shape index (κ1) is 15.9. The Kier molecular flexibility index (Phi) is 5.01. The second kappa shape index (κ2) is 7.55. The molecule has 0 atom stereocenters. The van der Waals surface area contributed by atoms with Crippen molar-refractivity contribution in [3.63, 3.8) is 0 Å². The van der Waals surface area contributed by atoms with Crippen LogP contribution < -0.4 is 10.6 Å². The van der Waals surface area contributed by atoms with Gasteiger partial charge in [-0.1, -0.05) is 24.3 Å². The van der Waals surface area contributed by atoms with E-state index < -0.39 is 0 Å². The lowest BCUT2D eigenvalue weighted by Crippen LogP contribution is -2.22. The topological polar surface area (TPSA) is 71.1 Å². The van der Waals surface area contributed by atoms with Crippen LogP contribution in [0.25, 0.3) is 0 Å². The molecule has 3 rings (SSSR count). The van der Waals surface area contributed by atoms with Gasteiger partial charge in [-0.15, -0.1) is 0 Å². The highest BCUT2D eigenvalue weighted by Crippen LogP contribution is 2.29. The van der Waals surface area contributed by atoms with Gasteiger partial charge in [-0.2, -0.15) is 0 Å². The molecule has 0 bridgehead atoms. The molecule has 2 amide bonds. The largest absolute Gasteiger partial charge is 0.348 e. The number of nitrogens with one attached hydrogen (secondary N) is 2. The molecule has 0 unspecified atom stereocenters. The normalized spacial score (nSPS) is 13.7. The molecule has 24 heavy (non-hydrogen) atoms. The Morgan fingerprint density at radius 1 is 1.17 bits per heavy atom. The number of anilines is 1. The van der Waals surface area contributed by atoms with Crippen molar-refractivity contribution >= 4 is 17.5 Å². The number of aromatic nitrogens is 1. The van der Waals surface area contributed by atoms with Gasteiger partial charge in [-0.05, 0) is 48.6 Å². The third-order valence-electron chi connectivity index (χ3n) is 3.78. The molecule has 1 saturated carbocycles. The zero-order valence-electron chi connectivity index (χ0n) is 13.2. The molecule has 0 spiro atoms. The molecule has 1 aliphatic carbocycles. The highest BCUT2D eigenvalue weighted by molar-refractivity contribution is 6.04. The van der Waals surface area contributed by atoms with Crippen molar-refractivity contribution in [1.29, 1.82) is 0 Å². The van der Waals surface area contributed by atoms with Crippen LogP contribution in [0.1, 0.15) is 28.8 Å². The molecule has 1 heterocycles. The Morgan fingerprint density at radius 2 is 2.00 bits per heavy atom. The Morgan fingerprint density at radius 3 is 2.75 bits per heavy atom. The summed E-state index contributed by atoms with van der Waals surface area (Å²) in [5.41, 5.74) is 2.02. The van der Waals surface area contributed by atoms with Crippen molar-refractivity contribution in [3.05, 3.63) is 72.1 Å². The number of rotatable bonds is 6. The van der Waals surface area contributed by atoms with Gasteiger partial charge in [0, 0.05) is 24.6 Å². The Labute approximate surface area is 140 Å². The number of benzene rings is 1. The minimum atomic E-state index is -0.226. The molecule has 1 aliphatic rings. The van der Waals surface area contributed by atoms with Gasteiger partial charge in [0.05, 0.1) is 5.56 Å². The van der Waals surface area contributed by atoms with E-state index in [-0.39, 0.29) is 11.8 Å². The van der Waals surface area contributed by atoms with Crippen LogP contribution in [-0.4, -0.2) is 16.8 Å². The Hall–Kier alpha value is -2.95. The van der Waals surface area contributed by atoms with Gasteiger partial charge < -0.3 is 10.6 Å². The number of hydrogen-bond donors (Lipinski definition) is 2. The van der Waals surface area contributed by atoms with Gasteiger partial charge >= 0.3 is 0 Å². The van der Waals surface area contributed by atoms with Crippen molar-refractivity contribution in [3.8, 4) is 0 Å². The molecule has 122 valence electrons. The summed E-state index contributed by atoms with van der Waals surface area (Å²) in [6.07, 6.45) is 9.03. The minimum absolute atomic E-state index is 0.115. The molecule has 5 nitrogen and oxygen atoms in total. The average Bonchev–Trinajstić information content (AvgIpc) is 3.44.